The van der Waals surface area contributed by atoms with Crippen LogP contribution in [0.1, 0.15) is 18.4 Å². The molecular weight excluding hydrogens is 410 g/mol. The first kappa shape index (κ1) is 20.9. The quantitative estimate of drug-likeness (QED) is 0.497. The molecule has 1 aliphatic heterocycles. The molecular formula is C27H25N5O. The largest absolute Gasteiger partial charge is 0.497 e. The summed E-state index contributed by atoms with van der Waals surface area (Å²) in [5.41, 5.74) is 13.1. The van der Waals surface area contributed by atoms with E-state index < -0.39 is 0 Å². The summed E-state index contributed by atoms with van der Waals surface area (Å²) in [6.45, 7) is 1.85. The molecule has 0 unspecified atom stereocenters. The Bertz CT molecular complexity index is 1330. The number of nitrogens with two attached hydrogens (primary N) is 1. The molecule has 6 nitrogen and oxygen atoms in total. The third-order valence-corrected chi connectivity index (χ3v) is 6.12. The van der Waals surface area contributed by atoms with Crippen molar-refractivity contribution in [1.29, 1.82) is 5.26 Å². The fourth-order valence-corrected chi connectivity index (χ4v) is 4.34. The highest BCUT2D eigenvalue weighted by atomic mass is 16.5. The summed E-state index contributed by atoms with van der Waals surface area (Å²) in [5, 5.41) is 9.19. The lowest BCUT2D eigenvalue weighted by atomic mass is 10.0. The SMILES string of the molecule is COc1ccc(-c2nc3ccc(N4CCC[C@H](N)C4)cc3nc2-c2ccc(C#N)cc2)cc1. The van der Waals surface area contributed by atoms with Crippen LogP contribution < -0.4 is 15.4 Å². The lowest BCUT2D eigenvalue weighted by molar-refractivity contribution is 0.415. The Morgan fingerprint density at radius 3 is 2.24 bits per heavy atom. The zero-order chi connectivity index (χ0) is 22.8. The summed E-state index contributed by atoms with van der Waals surface area (Å²) in [4.78, 5) is 12.4. The van der Waals surface area contributed by atoms with Crippen molar-refractivity contribution in [2.75, 3.05) is 25.1 Å². The molecule has 6 heteroatoms. The number of aromatic nitrogens is 2. The van der Waals surface area contributed by atoms with Crippen LogP contribution in [0.3, 0.4) is 0 Å². The molecule has 0 aliphatic carbocycles. The van der Waals surface area contributed by atoms with Crippen LogP contribution in [0.4, 0.5) is 5.69 Å². The Balaban J connectivity index is 1.65. The molecule has 0 bridgehead atoms. The van der Waals surface area contributed by atoms with Gasteiger partial charge in [-0.05, 0) is 67.4 Å². The maximum atomic E-state index is 9.19. The molecule has 1 fully saturated rings. The molecule has 1 atom stereocenters. The van der Waals surface area contributed by atoms with Gasteiger partial charge in [0, 0.05) is 35.9 Å². The molecule has 164 valence electrons. The molecule has 0 spiro atoms. The number of anilines is 1. The van der Waals surface area contributed by atoms with Gasteiger partial charge in [0.25, 0.3) is 0 Å². The minimum atomic E-state index is 0.201. The van der Waals surface area contributed by atoms with E-state index in [4.69, 9.17) is 20.4 Å². The van der Waals surface area contributed by atoms with Crippen LogP contribution in [-0.2, 0) is 0 Å². The van der Waals surface area contributed by atoms with Gasteiger partial charge in [-0.1, -0.05) is 12.1 Å². The van der Waals surface area contributed by atoms with E-state index in [1.165, 1.54) is 0 Å². The van der Waals surface area contributed by atoms with E-state index in [0.29, 0.717) is 5.56 Å². The van der Waals surface area contributed by atoms with Crippen LogP contribution in [0.5, 0.6) is 5.75 Å². The Hall–Kier alpha value is -3.95. The molecule has 0 amide bonds. The summed E-state index contributed by atoms with van der Waals surface area (Å²) in [5.74, 6) is 0.789. The molecule has 0 radical (unpaired) electrons. The van der Waals surface area contributed by atoms with Gasteiger partial charge in [-0.25, -0.2) is 9.97 Å². The minimum Gasteiger partial charge on any atom is -0.497 e. The average Bonchev–Trinajstić information content (AvgIpc) is 2.87. The van der Waals surface area contributed by atoms with Crippen molar-refractivity contribution >= 4 is 16.7 Å². The standard InChI is InChI=1S/C27H25N5O/c1-33-23-11-8-20(9-12-23)26-27(19-6-4-18(16-28)5-7-19)31-25-15-22(10-13-24(25)30-26)32-14-2-3-21(29)17-32/h4-13,15,21H,2-3,14,17,29H2,1H3/t21-/m0/s1. The zero-order valence-electron chi connectivity index (χ0n) is 18.5. The first-order valence-electron chi connectivity index (χ1n) is 11.1. The Kier molecular flexibility index (Phi) is 5.64. The molecule has 4 aromatic rings. The normalized spacial score (nSPS) is 15.9. The van der Waals surface area contributed by atoms with Gasteiger partial charge in [-0.2, -0.15) is 5.26 Å². The van der Waals surface area contributed by atoms with Crippen molar-refractivity contribution in [3.63, 3.8) is 0 Å². The molecule has 0 saturated carbocycles. The van der Waals surface area contributed by atoms with Gasteiger partial charge in [0.05, 0.1) is 41.2 Å². The van der Waals surface area contributed by atoms with Gasteiger partial charge >= 0.3 is 0 Å². The van der Waals surface area contributed by atoms with Crippen molar-refractivity contribution in [3.8, 4) is 34.3 Å². The van der Waals surface area contributed by atoms with Crippen LogP contribution >= 0.6 is 0 Å². The van der Waals surface area contributed by atoms with Gasteiger partial charge in [-0.15, -0.1) is 0 Å². The predicted octanol–water partition coefficient (Wildman–Crippen LogP) is 4.77. The van der Waals surface area contributed by atoms with Crippen LogP contribution in [-0.4, -0.2) is 36.2 Å². The van der Waals surface area contributed by atoms with Crippen LogP contribution in [0.2, 0.25) is 0 Å². The molecule has 2 N–H and O–H groups in total. The monoisotopic (exact) mass is 435 g/mol. The molecule has 33 heavy (non-hydrogen) atoms. The molecule has 2 heterocycles. The van der Waals surface area contributed by atoms with E-state index >= 15 is 0 Å². The molecule has 5 rings (SSSR count). The first-order valence-corrected chi connectivity index (χ1v) is 11.1. The van der Waals surface area contributed by atoms with E-state index in [0.717, 1.165) is 70.9 Å². The second kappa shape index (κ2) is 8.89. The van der Waals surface area contributed by atoms with E-state index in [-0.39, 0.29) is 6.04 Å². The number of fused-ring (bicyclic) bond motifs is 1. The molecule has 1 aromatic heterocycles. The molecule has 1 saturated heterocycles. The van der Waals surface area contributed by atoms with Crippen molar-refractivity contribution < 1.29 is 4.74 Å². The minimum absolute atomic E-state index is 0.201. The van der Waals surface area contributed by atoms with E-state index in [9.17, 15) is 5.26 Å². The van der Waals surface area contributed by atoms with Crippen LogP contribution in [0, 0.1) is 11.3 Å². The average molecular weight is 436 g/mol. The van der Waals surface area contributed by atoms with Crippen molar-refractivity contribution in [3.05, 3.63) is 72.3 Å². The summed E-state index contributed by atoms with van der Waals surface area (Å²) >= 11 is 0. The number of piperidine rings is 1. The highest BCUT2D eigenvalue weighted by Gasteiger charge is 2.19. The highest BCUT2D eigenvalue weighted by Crippen LogP contribution is 2.33. The number of hydrogen-bond acceptors (Lipinski definition) is 6. The lowest BCUT2D eigenvalue weighted by Gasteiger charge is -2.32. The van der Waals surface area contributed by atoms with Gasteiger partial charge in [0.2, 0.25) is 0 Å². The summed E-state index contributed by atoms with van der Waals surface area (Å²) in [6, 6.07) is 23.9. The number of nitrogens with zero attached hydrogens (tertiary/aromatic N) is 4. The van der Waals surface area contributed by atoms with Gasteiger partial charge in [0.1, 0.15) is 5.75 Å². The Labute approximate surface area is 193 Å². The highest BCUT2D eigenvalue weighted by molar-refractivity contribution is 5.88. The maximum absolute atomic E-state index is 9.19. The van der Waals surface area contributed by atoms with E-state index in [1.807, 2.05) is 54.6 Å². The number of ether oxygens (including phenoxy) is 1. The molecule has 1 aliphatic rings. The topological polar surface area (TPSA) is 88.1 Å². The fraction of sp³-hybridized carbons (Fsp3) is 0.222. The second-order valence-electron chi connectivity index (χ2n) is 8.36. The van der Waals surface area contributed by atoms with E-state index in [1.54, 1.807) is 7.11 Å². The first-order chi connectivity index (χ1) is 16.1. The number of hydrogen-bond donors (Lipinski definition) is 1. The molecule has 3 aromatic carbocycles. The smallest absolute Gasteiger partial charge is 0.118 e. The Morgan fingerprint density at radius 1 is 0.939 bits per heavy atom. The van der Waals surface area contributed by atoms with Crippen LogP contribution in [0.15, 0.2) is 66.7 Å². The van der Waals surface area contributed by atoms with Crippen molar-refractivity contribution in [2.24, 2.45) is 5.73 Å². The van der Waals surface area contributed by atoms with Crippen molar-refractivity contribution in [2.45, 2.75) is 18.9 Å². The third-order valence-electron chi connectivity index (χ3n) is 6.12. The summed E-state index contributed by atoms with van der Waals surface area (Å²) in [7, 11) is 1.65. The number of rotatable bonds is 4. The Morgan fingerprint density at radius 2 is 1.61 bits per heavy atom. The van der Waals surface area contributed by atoms with Gasteiger partial charge < -0.3 is 15.4 Å². The predicted molar refractivity (Wildman–Crippen MR) is 131 cm³/mol. The zero-order valence-corrected chi connectivity index (χ0v) is 18.5. The third kappa shape index (κ3) is 4.23. The summed E-state index contributed by atoms with van der Waals surface area (Å²) < 4.78 is 5.31. The number of nitriles is 1. The van der Waals surface area contributed by atoms with Gasteiger partial charge in [0.15, 0.2) is 0 Å². The van der Waals surface area contributed by atoms with Gasteiger partial charge in [-0.3, -0.25) is 0 Å². The van der Waals surface area contributed by atoms with Crippen LogP contribution in [0.25, 0.3) is 33.5 Å². The van der Waals surface area contributed by atoms with Crippen molar-refractivity contribution in [1.82, 2.24) is 9.97 Å². The fourth-order valence-electron chi connectivity index (χ4n) is 4.34. The van der Waals surface area contributed by atoms with E-state index in [2.05, 4.69) is 23.1 Å². The number of benzene rings is 3. The maximum Gasteiger partial charge on any atom is 0.118 e. The second-order valence-corrected chi connectivity index (χ2v) is 8.36. The summed E-state index contributed by atoms with van der Waals surface area (Å²) in [6.07, 6.45) is 2.16. The number of methoxy groups -OCH3 is 1. The lowest BCUT2D eigenvalue weighted by Crippen LogP contribution is -2.42.